The van der Waals surface area contributed by atoms with Gasteiger partial charge < -0.3 is 14.5 Å². The van der Waals surface area contributed by atoms with Crippen molar-refractivity contribution in [3.63, 3.8) is 0 Å². The molecule has 4 nitrogen and oxygen atoms in total. The van der Waals surface area contributed by atoms with Crippen molar-refractivity contribution in [3.8, 4) is 16.2 Å². The summed E-state index contributed by atoms with van der Waals surface area (Å²) in [7, 11) is 1.66. The van der Waals surface area contributed by atoms with Gasteiger partial charge in [0.15, 0.2) is 0 Å². The van der Waals surface area contributed by atoms with Crippen molar-refractivity contribution in [3.05, 3.63) is 72.0 Å². The first-order valence-corrected chi connectivity index (χ1v) is 10.00. The van der Waals surface area contributed by atoms with Crippen LogP contribution in [0.4, 0.5) is 9.39 Å². The molecule has 0 spiro atoms. The van der Waals surface area contributed by atoms with E-state index in [4.69, 9.17) is 4.74 Å². The van der Waals surface area contributed by atoms with E-state index in [0.717, 1.165) is 24.4 Å². The molecule has 1 aliphatic rings. The van der Waals surface area contributed by atoms with Crippen molar-refractivity contribution in [2.45, 2.75) is 0 Å². The lowest BCUT2D eigenvalue weighted by atomic mass is 10.1. The van der Waals surface area contributed by atoms with Crippen LogP contribution in [0.3, 0.4) is 0 Å². The Morgan fingerprint density at radius 3 is 2.43 bits per heavy atom. The molecule has 0 bridgehead atoms. The van der Waals surface area contributed by atoms with Crippen molar-refractivity contribution < 1.29 is 13.9 Å². The third kappa shape index (κ3) is 3.87. The van der Waals surface area contributed by atoms with E-state index >= 15 is 0 Å². The standard InChI is InChI=1S/C22H21FN2O2S/c1-27-19-7-5-16(6-8-19)20-9-10-21(28-20)24-11-13-25(14-12-24)22(26)17-3-2-4-18(23)15-17/h2-10,15H,11-14H2,1H3. The van der Waals surface area contributed by atoms with Crippen molar-refractivity contribution in [1.29, 1.82) is 0 Å². The summed E-state index contributed by atoms with van der Waals surface area (Å²) in [5, 5.41) is 1.20. The van der Waals surface area contributed by atoms with Gasteiger partial charge in [-0.2, -0.15) is 0 Å². The largest absolute Gasteiger partial charge is 0.497 e. The monoisotopic (exact) mass is 396 g/mol. The van der Waals surface area contributed by atoms with Gasteiger partial charge in [0.2, 0.25) is 0 Å². The molecule has 0 radical (unpaired) electrons. The molecule has 6 heteroatoms. The quantitative estimate of drug-likeness (QED) is 0.650. The van der Waals surface area contributed by atoms with E-state index in [-0.39, 0.29) is 11.7 Å². The van der Waals surface area contributed by atoms with Gasteiger partial charge in [0.25, 0.3) is 5.91 Å². The molecule has 1 aromatic heterocycles. The molecule has 2 heterocycles. The number of amides is 1. The van der Waals surface area contributed by atoms with Crippen molar-refractivity contribution >= 4 is 22.2 Å². The molecule has 3 aromatic rings. The zero-order chi connectivity index (χ0) is 19.5. The maximum Gasteiger partial charge on any atom is 0.254 e. The van der Waals surface area contributed by atoms with Gasteiger partial charge in [-0.05, 0) is 60.2 Å². The summed E-state index contributed by atoms with van der Waals surface area (Å²) in [5.74, 6) is 0.359. The summed E-state index contributed by atoms with van der Waals surface area (Å²) >= 11 is 1.75. The summed E-state index contributed by atoms with van der Waals surface area (Å²) in [6, 6.07) is 18.2. The van der Waals surface area contributed by atoms with E-state index in [1.807, 2.05) is 12.1 Å². The Bertz CT molecular complexity index is 963. The molecule has 0 saturated carbocycles. The first-order valence-electron chi connectivity index (χ1n) is 9.18. The van der Waals surface area contributed by atoms with Gasteiger partial charge in [-0.25, -0.2) is 4.39 Å². The van der Waals surface area contributed by atoms with E-state index in [9.17, 15) is 9.18 Å². The highest BCUT2D eigenvalue weighted by molar-refractivity contribution is 7.19. The number of ether oxygens (including phenoxy) is 1. The molecule has 0 aliphatic carbocycles. The van der Waals surface area contributed by atoms with Gasteiger partial charge in [-0.3, -0.25) is 4.79 Å². The number of methoxy groups -OCH3 is 1. The lowest BCUT2D eigenvalue weighted by molar-refractivity contribution is 0.0746. The normalized spacial score (nSPS) is 14.2. The van der Waals surface area contributed by atoms with Gasteiger partial charge in [-0.15, -0.1) is 11.3 Å². The maximum absolute atomic E-state index is 13.4. The second kappa shape index (κ2) is 8.02. The highest BCUT2D eigenvalue weighted by Crippen LogP contribution is 2.34. The molecule has 0 N–H and O–H groups in total. The number of nitrogens with zero attached hydrogens (tertiary/aromatic N) is 2. The van der Waals surface area contributed by atoms with Crippen molar-refractivity contribution in [2.24, 2.45) is 0 Å². The number of carbonyl (C=O) groups is 1. The number of thiophene rings is 1. The highest BCUT2D eigenvalue weighted by atomic mass is 32.1. The molecule has 1 saturated heterocycles. The molecule has 1 fully saturated rings. The first-order chi connectivity index (χ1) is 13.6. The third-order valence-corrected chi connectivity index (χ3v) is 6.11. The summed E-state index contributed by atoms with van der Waals surface area (Å²) < 4.78 is 18.6. The number of piperazine rings is 1. The second-order valence-electron chi connectivity index (χ2n) is 6.66. The second-order valence-corrected chi connectivity index (χ2v) is 7.72. The number of benzene rings is 2. The Hall–Kier alpha value is -2.86. The number of anilines is 1. The lowest BCUT2D eigenvalue weighted by Crippen LogP contribution is -2.48. The number of hydrogen-bond acceptors (Lipinski definition) is 4. The molecule has 1 amide bonds. The summed E-state index contributed by atoms with van der Waals surface area (Å²) in [6.07, 6.45) is 0. The fourth-order valence-electron chi connectivity index (χ4n) is 3.34. The van der Waals surface area contributed by atoms with Crippen LogP contribution in [0.15, 0.2) is 60.7 Å². The van der Waals surface area contributed by atoms with Crippen LogP contribution >= 0.6 is 11.3 Å². The Morgan fingerprint density at radius 2 is 1.75 bits per heavy atom. The van der Waals surface area contributed by atoms with Crippen molar-refractivity contribution in [1.82, 2.24) is 4.90 Å². The summed E-state index contributed by atoms with van der Waals surface area (Å²) in [6.45, 7) is 2.80. The minimum atomic E-state index is -0.380. The van der Waals surface area contributed by atoms with E-state index in [1.54, 1.807) is 35.5 Å². The number of carbonyl (C=O) groups excluding carboxylic acids is 1. The smallest absolute Gasteiger partial charge is 0.254 e. The Balaban J connectivity index is 1.40. The predicted octanol–water partition coefficient (Wildman–Crippen LogP) is 4.53. The fraction of sp³-hybridized carbons (Fsp3) is 0.227. The third-order valence-electron chi connectivity index (χ3n) is 4.92. The number of halogens is 1. The molecule has 144 valence electrons. The van der Waals surface area contributed by atoms with Crippen LogP contribution in [0.25, 0.3) is 10.4 Å². The average molecular weight is 396 g/mol. The van der Waals surface area contributed by atoms with Gasteiger partial charge >= 0.3 is 0 Å². The van der Waals surface area contributed by atoms with Gasteiger partial charge in [-0.1, -0.05) is 6.07 Å². The fourth-order valence-corrected chi connectivity index (χ4v) is 4.41. The van der Waals surface area contributed by atoms with E-state index in [0.29, 0.717) is 18.7 Å². The maximum atomic E-state index is 13.4. The van der Waals surface area contributed by atoms with Crippen LogP contribution in [-0.4, -0.2) is 44.1 Å². The molecular formula is C22H21FN2O2S. The molecule has 28 heavy (non-hydrogen) atoms. The van der Waals surface area contributed by atoms with Crippen LogP contribution in [0, 0.1) is 5.82 Å². The van der Waals surface area contributed by atoms with E-state index in [1.165, 1.54) is 22.0 Å². The van der Waals surface area contributed by atoms with Crippen LogP contribution in [0.1, 0.15) is 10.4 Å². The Labute approximate surface area is 167 Å². The average Bonchev–Trinajstić information content (AvgIpc) is 3.24. The summed E-state index contributed by atoms with van der Waals surface area (Å²) in [4.78, 5) is 17.9. The zero-order valence-corrected chi connectivity index (χ0v) is 16.4. The molecule has 2 aromatic carbocycles. The molecule has 0 unspecified atom stereocenters. The Kier molecular flexibility index (Phi) is 5.30. The minimum absolute atomic E-state index is 0.107. The molecular weight excluding hydrogens is 375 g/mol. The predicted molar refractivity (Wildman–Crippen MR) is 111 cm³/mol. The Morgan fingerprint density at radius 1 is 1.00 bits per heavy atom. The molecule has 4 rings (SSSR count). The topological polar surface area (TPSA) is 32.8 Å². The number of rotatable bonds is 4. The van der Waals surface area contributed by atoms with Gasteiger partial charge in [0.05, 0.1) is 12.1 Å². The van der Waals surface area contributed by atoms with Crippen LogP contribution in [0.5, 0.6) is 5.75 Å². The molecule has 1 aliphatic heterocycles. The molecule has 0 atom stereocenters. The van der Waals surface area contributed by atoms with E-state index < -0.39 is 0 Å². The highest BCUT2D eigenvalue weighted by Gasteiger charge is 2.23. The van der Waals surface area contributed by atoms with Crippen LogP contribution in [-0.2, 0) is 0 Å². The van der Waals surface area contributed by atoms with Crippen LogP contribution < -0.4 is 9.64 Å². The van der Waals surface area contributed by atoms with Gasteiger partial charge in [0.1, 0.15) is 11.6 Å². The van der Waals surface area contributed by atoms with Crippen LogP contribution in [0.2, 0.25) is 0 Å². The first kappa shape index (κ1) is 18.5. The SMILES string of the molecule is COc1ccc(-c2ccc(N3CCN(C(=O)c4cccc(F)c4)CC3)s2)cc1. The summed E-state index contributed by atoms with van der Waals surface area (Å²) in [5.41, 5.74) is 1.57. The lowest BCUT2D eigenvalue weighted by Gasteiger charge is -2.35. The van der Waals surface area contributed by atoms with Gasteiger partial charge in [0, 0.05) is 36.6 Å². The van der Waals surface area contributed by atoms with Crippen molar-refractivity contribution in [2.75, 3.05) is 38.2 Å². The van der Waals surface area contributed by atoms with E-state index in [2.05, 4.69) is 29.2 Å². The zero-order valence-electron chi connectivity index (χ0n) is 15.6. The number of hydrogen-bond donors (Lipinski definition) is 0. The minimum Gasteiger partial charge on any atom is -0.497 e.